The summed E-state index contributed by atoms with van der Waals surface area (Å²) in [6.45, 7) is 3.85. The van der Waals surface area contributed by atoms with Crippen molar-refractivity contribution in [3.63, 3.8) is 0 Å². The molecule has 0 unspecified atom stereocenters. The van der Waals surface area contributed by atoms with Crippen LogP contribution in [0, 0.1) is 0 Å². The fraction of sp³-hybridized carbons (Fsp3) is 0.684. The highest BCUT2D eigenvalue weighted by atomic mass is 19.4. The molecule has 5 heteroatoms. The monoisotopic (exact) mass is 346 g/mol. The summed E-state index contributed by atoms with van der Waals surface area (Å²) < 4.78 is 50.0. The van der Waals surface area contributed by atoms with Gasteiger partial charge in [-0.25, -0.2) is 0 Å². The van der Waals surface area contributed by atoms with Crippen LogP contribution in [-0.4, -0.2) is 25.0 Å². The summed E-state index contributed by atoms with van der Waals surface area (Å²) in [5.74, 6) is 0. The Bertz CT molecular complexity index is 420. The van der Waals surface area contributed by atoms with Crippen molar-refractivity contribution in [2.75, 3.05) is 6.61 Å². The van der Waals surface area contributed by atoms with Crippen molar-refractivity contribution in [3.05, 3.63) is 35.9 Å². The van der Waals surface area contributed by atoms with Crippen LogP contribution in [0.1, 0.15) is 57.9 Å². The molecule has 0 N–H and O–H groups in total. The number of alkyl halides is 3. The first-order chi connectivity index (χ1) is 11.4. The summed E-state index contributed by atoms with van der Waals surface area (Å²) in [6.07, 6.45) is -0.889. The van der Waals surface area contributed by atoms with Crippen molar-refractivity contribution in [1.82, 2.24) is 0 Å². The van der Waals surface area contributed by atoms with Crippen molar-refractivity contribution in [1.29, 1.82) is 0 Å². The fourth-order valence-corrected chi connectivity index (χ4v) is 2.50. The molecule has 0 aliphatic rings. The minimum Gasteiger partial charge on any atom is -0.375 e. The van der Waals surface area contributed by atoms with E-state index in [2.05, 4.69) is 6.92 Å². The van der Waals surface area contributed by atoms with Gasteiger partial charge >= 0.3 is 6.18 Å². The molecule has 0 heterocycles. The van der Waals surface area contributed by atoms with Gasteiger partial charge in [0.25, 0.3) is 0 Å². The van der Waals surface area contributed by atoms with E-state index in [0.717, 1.165) is 24.8 Å². The van der Waals surface area contributed by atoms with Crippen LogP contribution in [0.5, 0.6) is 0 Å². The Labute approximate surface area is 143 Å². The predicted molar refractivity (Wildman–Crippen MR) is 89.9 cm³/mol. The highest BCUT2D eigenvalue weighted by Gasteiger charge is 2.44. The van der Waals surface area contributed by atoms with Crippen molar-refractivity contribution in [2.24, 2.45) is 0 Å². The van der Waals surface area contributed by atoms with E-state index in [1.54, 1.807) is 24.3 Å². The van der Waals surface area contributed by atoms with E-state index < -0.39 is 18.4 Å². The summed E-state index contributed by atoms with van der Waals surface area (Å²) in [7, 11) is 0. The average Bonchev–Trinajstić information content (AvgIpc) is 2.54. The molecule has 0 aliphatic carbocycles. The lowest BCUT2D eigenvalue weighted by atomic mass is 10.1. The summed E-state index contributed by atoms with van der Waals surface area (Å²) in [6, 6.07) is 8.86. The van der Waals surface area contributed by atoms with Crippen LogP contribution in [0.25, 0.3) is 0 Å². The molecule has 0 radical (unpaired) electrons. The van der Waals surface area contributed by atoms with Gasteiger partial charge < -0.3 is 9.47 Å². The normalized spacial score (nSPS) is 14.5. The molecular weight excluding hydrogens is 317 g/mol. The van der Waals surface area contributed by atoms with E-state index in [0.29, 0.717) is 6.61 Å². The molecule has 0 fully saturated rings. The summed E-state index contributed by atoms with van der Waals surface area (Å²) >= 11 is 0. The predicted octanol–water partition coefficient (Wildman–Crippen LogP) is 5.90. The van der Waals surface area contributed by atoms with Crippen LogP contribution < -0.4 is 0 Å². The number of benzene rings is 1. The van der Waals surface area contributed by atoms with Gasteiger partial charge in [0.05, 0.1) is 12.7 Å². The molecule has 1 rings (SSSR count). The number of ether oxygens (including phenoxy) is 2. The molecular formula is C19H29F3O2. The van der Waals surface area contributed by atoms with E-state index in [4.69, 9.17) is 9.47 Å². The second kappa shape index (κ2) is 11.5. The molecule has 0 amide bonds. The van der Waals surface area contributed by atoms with Gasteiger partial charge in [-0.15, -0.1) is 0 Å². The van der Waals surface area contributed by atoms with Crippen LogP contribution in [0.3, 0.4) is 0 Å². The third-order valence-corrected chi connectivity index (χ3v) is 3.90. The smallest absolute Gasteiger partial charge is 0.375 e. The molecule has 0 saturated heterocycles. The van der Waals surface area contributed by atoms with Crippen molar-refractivity contribution in [3.8, 4) is 0 Å². The van der Waals surface area contributed by atoms with Gasteiger partial charge in [0, 0.05) is 6.61 Å². The maximum absolute atomic E-state index is 13.2. The lowest BCUT2D eigenvalue weighted by molar-refractivity contribution is -0.253. The maximum Gasteiger partial charge on any atom is 0.417 e. The quantitative estimate of drug-likeness (QED) is 0.439. The van der Waals surface area contributed by atoms with Crippen molar-refractivity contribution in [2.45, 2.75) is 77.4 Å². The number of hydrogen-bond acceptors (Lipinski definition) is 2. The second-order valence-corrected chi connectivity index (χ2v) is 6.10. The van der Waals surface area contributed by atoms with Crippen LogP contribution >= 0.6 is 0 Å². The molecule has 1 aromatic rings. The summed E-state index contributed by atoms with van der Waals surface area (Å²) in [5.41, 5.74) is 0.717. The molecule has 0 spiro atoms. The van der Waals surface area contributed by atoms with Crippen LogP contribution in [0.4, 0.5) is 13.2 Å². The Morgan fingerprint density at radius 1 is 0.917 bits per heavy atom. The Morgan fingerprint density at radius 3 is 2.17 bits per heavy atom. The third kappa shape index (κ3) is 8.69. The van der Waals surface area contributed by atoms with E-state index in [-0.39, 0.29) is 6.61 Å². The number of unbranched alkanes of at least 4 members (excludes halogenated alkanes) is 5. The van der Waals surface area contributed by atoms with Gasteiger partial charge in [0.1, 0.15) is 0 Å². The second-order valence-electron chi connectivity index (χ2n) is 6.10. The van der Waals surface area contributed by atoms with Gasteiger partial charge in [0.2, 0.25) is 0 Å². The highest BCUT2D eigenvalue weighted by Crippen LogP contribution is 2.28. The Kier molecular flexibility index (Phi) is 10.0. The first kappa shape index (κ1) is 21.0. The summed E-state index contributed by atoms with van der Waals surface area (Å²) in [4.78, 5) is 0. The molecule has 0 bridgehead atoms. The van der Waals surface area contributed by atoms with Crippen LogP contribution in [0.15, 0.2) is 30.3 Å². The zero-order chi connectivity index (χ0) is 17.8. The third-order valence-electron chi connectivity index (χ3n) is 3.90. The van der Waals surface area contributed by atoms with Gasteiger partial charge in [-0.3, -0.25) is 0 Å². The van der Waals surface area contributed by atoms with Crippen LogP contribution in [-0.2, 0) is 16.1 Å². The molecule has 0 aromatic heterocycles. The standard InChI is InChI=1S/C19H29F3O2/c1-3-4-5-6-7-11-14-23-16(2)18(19(20,21)22)24-15-17-12-9-8-10-13-17/h8-10,12-13,16,18H,3-7,11,14-15H2,1-2H3/t16-,18+/m0/s1. The van der Waals surface area contributed by atoms with E-state index >= 15 is 0 Å². The SMILES string of the molecule is CCCCCCCCO[C@@H](C)[C@@H](OCc1ccccc1)C(F)(F)F. The average molecular weight is 346 g/mol. The van der Waals surface area contributed by atoms with Gasteiger partial charge in [0.15, 0.2) is 6.10 Å². The van der Waals surface area contributed by atoms with Gasteiger partial charge in [-0.05, 0) is 18.9 Å². The van der Waals surface area contributed by atoms with E-state index in [9.17, 15) is 13.2 Å². The van der Waals surface area contributed by atoms with Crippen LogP contribution in [0.2, 0.25) is 0 Å². The minimum atomic E-state index is -4.44. The molecule has 24 heavy (non-hydrogen) atoms. The molecule has 2 atom stereocenters. The first-order valence-electron chi connectivity index (χ1n) is 8.79. The Balaban J connectivity index is 2.35. The number of hydrogen-bond donors (Lipinski definition) is 0. The Morgan fingerprint density at radius 2 is 1.54 bits per heavy atom. The van der Waals surface area contributed by atoms with Gasteiger partial charge in [-0.2, -0.15) is 13.2 Å². The van der Waals surface area contributed by atoms with Crippen molar-refractivity contribution >= 4 is 0 Å². The zero-order valence-electron chi connectivity index (χ0n) is 14.6. The molecule has 138 valence electrons. The minimum absolute atomic E-state index is 0.0737. The lowest BCUT2D eigenvalue weighted by Crippen LogP contribution is -2.42. The largest absolute Gasteiger partial charge is 0.417 e. The summed E-state index contributed by atoms with van der Waals surface area (Å²) in [5, 5.41) is 0. The molecule has 2 nitrogen and oxygen atoms in total. The first-order valence-corrected chi connectivity index (χ1v) is 8.79. The molecule has 0 aliphatic heterocycles. The Hall–Kier alpha value is -1.07. The number of rotatable bonds is 12. The number of halogens is 3. The topological polar surface area (TPSA) is 18.5 Å². The molecule has 0 saturated carbocycles. The highest BCUT2D eigenvalue weighted by molar-refractivity contribution is 5.13. The zero-order valence-corrected chi connectivity index (χ0v) is 14.6. The maximum atomic E-state index is 13.2. The van der Waals surface area contributed by atoms with E-state index in [1.807, 2.05) is 6.07 Å². The lowest BCUT2D eigenvalue weighted by Gasteiger charge is -2.26. The van der Waals surface area contributed by atoms with E-state index in [1.165, 1.54) is 26.2 Å². The molecule has 1 aromatic carbocycles. The van der Waals surface area contributed by atoms with Gasteiger partial charge in [-0.1, -0.05) is 69.4 Å². The van der Waals surface area contributed by atoms with Crippen molar-refractivity contribution < 1.29 is 22.6 Å². The fourth-order valence-electron chi connectivity index (χ4n) is 2.50.